The summed E-state index contributed by atoms with van der Waals surface area (Å²) in [6, 6.07) is -0.946. The molecule has 0 spiro atoms. The number of hydrogen-bond donors (Lipinski definition) is 2. The molecule has 0 aliphatic rings. The molecule has 12 heteroatoms. The molecular formula is C17H28N2O8S2. The van der Waals surface area contributed by atoms with Crippen molar-refractivity contribution < 1.29 is 38.2 Å². The first-order chi connectivity index (χ1) is 13.5. The van der Waals surface area contributed by atoms with Crippen LogP contribution in [0.2, 0.25) is 0 Å². The molecule has 0 bridgehead atoms. The van der Waals surface area contributed by atoms with Crippen molar-refractivity contribution in [2.24, 2.45) is 5.73 Å². The average Bonchev–Trinajstić information content (AvgIpc) is 2.58. The number of thioether (sulfide) groups is 2. The van der Waals surface area contributed by atoms with Gasteiger partial charge in [0.25, 0.3) is 0 Å². The SMILES string of the molecule is CC(N)=O.CCOC(=O)CCSC(=O)CC(=O)SCC(NC(C)=O)C(=O)OCC. The molecule has 2 amide bonds. The number of primary amides is 1. The maximum atomic E-state index is 11.8. The smallest absolute Gasteiger partial charge is 0.329 e. The van der Waals surface area contributed by atoms with E-state index in [9.17, 15) is 28.8 Å². The first-order valence-electron chi connectivity index (χ1n) is 8.70. The van der Waals surface area contributed by atoms with Crippen molar-refractivity contribution in [2.45, 2.75) is 46.6 Å². The van der Waals surface area contributed by atoms with Crippen molar-refractivity contribution in [1.29, 1.82) is 0 Å². The topological polar surface area (TPSA) is 159 Å². The highest BCUT2D eigenvalue weighted by molar-refractivity contribution is 8.15. The van der Waals surface area contributed by atoms with Gasteiger partial charge in [0, 0.05) is 25.4 Å². The van der Waals surface area contributed by atoms with Crippen LogP contribution >= 0.6 is 23.5 Å². The molecule has 0 aliphatic carbocycles. The first kappa shape index (κ1) is 29.1. The summed E-state index contributed by atoms with van der Waals surface area (Å²) >= 11 is 1.66. The normalized spacial score (nSPS) is 10.6. The minimum atomic E-state index is -0.946. The fourth-order valence-corrected chi connectivity index (χ4v) is 3.16. The van der Waals surface area contributed by atoms with Crippen LogP contribution in [0.5, 0.6) is 0 Å². The van der Waals surface area contributed by atoms with Crippen LogP contribution in [0.1, 0.15) is 40.5 Å². The predicted molar refractivity (Wildman–Crippen MR) is 110 cm³/mol. The van der Waals surface area contributed by atoms with Crippen molar-refractivity contribution in [3.63, 3.8) is 0 Å². The molecule has 0 saturated heterocycles. The van der Waals surface area contributed by atoms with Crippen molar-refractivity contribution in [2.75, 3.05) is 24.7 Å². The maximum Gasteiger partial charge on any atom is 0.329 e. The molecule has 0 rings (SSSR count). The molecule has 0 radical (unpaired) electrons. The van der Waals surface area contributed by atoms with Crippen molar-refractivity contribution in [3.05, 3.63) is 0 Å². The summed E-state index contributed by atoms with van der Waals surface area (Å²) in [5.74, 6) is -1.55. The Labute approximate surface area is 178 Å². The van der Waals surface area contributed by atoms with E-state index >= 15 is 0 Å². The highest BCUT2D eigenvalue weighted by Crippen LogP contribution is 2.14. The Hall–Kier alpha value is -2.08. The van der Waals surface area contributed by atoms with Gasteiger partial charge in [-0.05, 0) is 13.8 Å². The molecule has 0 aromatic carbocycles. The molecule has 1 unspecified atom stereocenters. The summed E-state index contributed by atoms with van der Waals surface area (Å²) in [4.78, 5) is 66.6. The number of nitrogens with one attached hydrogen (secondary N) is 1. The second-order valence-corrected chi connectivity index (χ2v) is 7.48. The number of rotatable bonds is 11. The van der Waals surface area contributed by atoms with Crippen LogP contribution in [0.15, 0.2) is 0 Å². The van der Waals surface area contributed by atoms with Crippen molar-refractivity contribution in [1.82, 2.24) is 5.32 Å². The first-order valence-corrected chi connectivity index (χ1v) is 10.7. The molecule has 0 fully saturated rings. The van der Waals surface area contributed by atoms with Crippen LogP contribution < -0.4 is 11.1 Å². The van der Waals surface area contributed by atoms with Gasteiger partial charge >= 0.3 is 11.9 Å². The van der Waals surface area contributed by atoms with Gasteiger partial charge in [0.2, 0.25) is 11.8 Å². The number of nitrogens with two attached hydrogens (primary N) is 1. The van der Waals surface area contributed by atoms with Gasteiger partial charge in [0.1, 0.15) is 6.04 Å². The Balaban J connectivity index is 0. The number of amides is 2. The Morgan fingerprint density at radius 3 is 1.93 bits per heavy atom. The fourth-order valence-electron chi connectivity index (χ4n) is 1.53. The Bertz CT molecular complexity index is 580. The molecular weight excluding hydrogens is 424 g/mol. The molecule has 0 saturated carbocycles. The number of ether oxygens (including phenoxy) is 2. The lowest BCUT2D eigenvalue weighted by Crippen LogP contribution is -2.42. The molecule has 1 atom stereocenters. The summed E-state index contributed by atoms with van der Waals surface area (Å²) in [5.41, 5.74) is 4.47. The van der Waals surface area contributed by atoms with E-state index in [1.54, 1.807) is 13.8 Å². The fraction of sp³-hybridized carbons (Fsp3) is 0.647. The lowest BCUT2D eigenvalue weighted by molar-refractivity contribution is -0.146. The van der Waals surface area contributed by atoms with E-state index in [1.165, 1.54) is 13.8 Å². The molecule has 3 N–H and O–H groups in total. The Morgan fingerprint density at radius 2 is 1.45 bits per heavy atom. The third-order valence-corrected chi connectivity index (χ3v) is 4.36. The summed E-state index contributed by atoms with van der Waals surface area (Å²) in [5, 5.41) is 1.61. The minimum Gasteiger partial charge on any atom is -0.466 e. The monoisotopic (exact) mass is 452 g/mol. The second-order valence-electron chi connectivity index (χ2n) is 5.25. The minimum absolute atomic E-state index is 0.0159. The van der Waals surface area contributed by atoms with Crippen molar-refractivity contribution in [3.8, 4) is 0 Å². The quantitative estimate of drug-likeness (QED) is 0.332. The summed E-state index contributed by atoms with van der Waals surface area (Å²) in [6.45, 7) is 6.32. The third-order valence-electron chi connectivity index (χ3n) is 2.52. The summed E-state index contributed by atoms with van der Waals surface area (Å²) in [7, 11) is 0. The zero-order valence-electron chi connectivity index (χ0n) is 17.0. The number of carbonyl (C=O) groups is 6. The zero-order chi connectivity index (χ0) is 22.8. The van der Waals surface area contributed by atoms with Crippen molar-refractivity contribution >= 4 is 57.5 Å². The third kappa shape index (κ3) is 20.5. The number of esters is 2. The van der Waals surface area contributed by atoms with Crippen LogP contribution in [0, 0.1) is 0 Å². The van der Waals surface area contributed by atoms with Gasteiger partial charge in [-0.3, -0.25) is 24.0 Å². The van der Waals surface area contributed by atoms with E-state index in [1.807, 2.05) is 0 Å². The standard InChI is InChI=1S/C15H23NO7S2.C2H5NO/c1-4-22-12(18)6-7-24-13(19)8-14(20)25-9-11(16-10(3)17)15(21)23-5-2;1-2(3)4/h11H,4-9H2,1-3H3,(H,16,17);1H3,(H2,3,4). The molecule has 0 heterocycles. The van der Waals surface area contributed by atoms with Gasteiger partial charge in [0.15, 0.2) is 10.2 Å². The summed E-state index contributed by atoms with van der Waals surface area (Å²) < 4.78 is 9.55. The Morgan fingerprint density at radius 1 is 0.931 bits per heavy atom. The van der Waals surface area contributed by atoms with E-state index in [0.29, 0.717) is 0 Å². The number of hydrogen-bond acceptors (Lipinski definition) is 10. The Kier molecular flexibility index (Phi) is 18.1. The van der Waals surface area contributed by atoms with Gasteiger partial charge in [-0.25, -0.2) is 4.79 Å². The van der Waals surface area contributed by atoms with E-state index in [0.717, 1.165) is 23.5 Å². The molecule has 0 aromatic heterocycles. The second kappa shape index (κ2) is 18.0. The highest BCUT2D eigenvalue weighted by Gasteiger charge is 2.23. The van der Waals surface area contributed by atoms with E-state index < -0.39 is 29.0 Å². The number of carbonyl (C=O) groups excluding carboxylic acids is 6. The molecule has 10 nitrogen and oxygen atoms in total. The van der Waals surface area contributed by atoms with Crippen LogP contribution in [-0.4, -0.2) is 64.7 Å². The van der Waals surface area contributed by atoms with E-state index in [4.69, 9.17) is 9.47 Å². The highest BCUT2D eigenvalue weighted by atomic mass is 32.2. The van der Waals surface area contributed by atoms with Crippen LogP contribution in [0.4, 0.5) is 0 Å². The van der Waals surface area contributed by atoms with Crippen LogP contribution in [0.25, 0.3) is 0 Å². The van der Waals surface area contributed by atoms with Gasteiger partial charge in [0.05, 0.1) is 26.1 Å². The van der Waals surface area contributed by atoms with Gasteiger partial charge in [-0.15, -0.1) is 0 Å². The predicted octanol–water partition coefficient (Wildman–Crippen LogP) is 0.409. The van der Waals surface area contributed by atoms with E-state index in [2.05, 4.69) is 11.1 Å². The lowest BCUT2D eigenvalue weighted by Gasteiger charge is -2.15. The maximum absolute atomic E-state index is 11.8. The van der Waals surface area contributed by atoms with Crippen LogP contribution in [-0.2, 0) is 38.2 Å². The van der Waals surface area contributed by atoms with Gasteiger partial charge < -0.3 is 20.5 Å². The molecule has 0 aromatic rings. The molecule has 166 valence electrons. The van der Waals surface area contributed by atoms with Gasteiger partial charge in [-0.1, -0.05) is 23.5 Å². The van der Waals surface area contributed by atoms with Crippen LogP contribution in [0.3, 0.4) is 0 Å². The molecule has 29 heavy (non-hydrogen) atoms. The molecule has 0 aliphatic heterocycles. The summed E-state index contributed by atoms with van der Waals surface area (Å²) in [6.07, 6.45) is -0.229. The van der Waals surface area contributed by atoms with E-state index in [-0.39, 0.29) is 48.6 Å². The largest absolute Gasteiger partial charge is 0.466 e. The van der Waals surface area contributed by atoms with Gasteiger partial charge in [-0.2, -0.15) is 0 Å². The zero-order valence-corrected chi connectivity index (χ0v) is 18.6. The average molecular weight is 453 g/mol. The lowest BCUT2D eigenvalue weighted by atomic mass is 10.3.